The van der Waals surface area contributed by atoms with Gasteiger partial charge in [-0.1, -0.05) is 19.9 Å². The molecule has 0 aliphatic carbocycles. The van der Waals surface area contributed by atoms with Gasteiger partial charge in [0.1, 0.15) is 0 Å². The number of hydrogen-bond donors (Lipinski definition) is 1. The summed E-state index contributed by atoms with van der Waals surface area (Å²) in [7, 11) is 0. The van der Waals surface area contributed by atoms with Gasteiger partial charge in [0.25, 0.3) is 0 Å². The van der Waals surface area contributed by atoms with Gasteiger partial charge in [-0.3, -0.25) is 0 Å². The Labute approximate surface area is 72.2 Å². The first-order valence-corrected chi connectivity index (χ1v) is 4.86. The van der Waals surface area contributed by atoms with Crippen LogP contribution in [-0.2, 0) is 6.42 Å². The van der Waals surface area contributed by atoms with E-state index in [-0.39, 0.29) is 0 Å². The molecule has 1 atom stereocenters. The van der Waals surface area contributed by atoms with E-state index >= 15 is 0 Å². The minimum absolute atomic E-state index is 0.314. The topological polar surface area (TPSA) is 26.0 Å². The molecule has 0 unspecified atom stereocenters. The van der Waals surface area contributed by atoms with Crippen molar-refractivity contribution in [1.29, 1.82) is 0 Å². The van der Waals surface area contributed by atoms with Gasteiger partial charge in [0.05, 0.1) is 0 Å². The predicted octanol–water partition coefficient (Wildman–Crippen LogP) is 2.27. The molecule has 0 saturated heterocycles. The lowest BCUT2D eigenvalue weighted by Gasteiger charge is -2.13. The molecular weight excluding hydrogens is 154 g/mol. The van der Waals surface area contributed by atoms with Crippen LogP contribution in [0.5, 0.6) is 0 Å². The van der Waals surface area contributed by atoms with Gasteiger partial charge in [0.2, 0.25) is 0 Å². The zero-order chi connectivity index (χ0) is 8.27. The molecule has 0 aliphatic heterocycles. The van der Waals surface area contributed by atoms with Crippen molar-refractivity contribution < 1.29 is 0 Å². The Kier molecular flexibility index (Phi) is 3.09. The van der Waals surface area contributed by atoms with Crippen LogP contribution in [0.4, 0.5) is 0 Å². The van der Waals surface area contributed by atoms with Crippen LogP contribution in [-0.4, -0.2) is 6.04 Å². The van der Waals surface area contributed by atoms with Crippen molar-refractivity contribution >= 4 is 11.3 Å². The summed E-state index contributed by atoms with van der Waals surface area (Å²) in [5, 5.41) is 2.10. The van der Waals surface area contributed by atoms with Crippen LogP contribution in [0.1, 0.15) is 18.7 Å². The lowest BCUT2D eigenvalue weighted by Crippen LogP contribution is -2.28. The molecule has 62 valence electrons. The summed E-state index contributed by atoms with van der Waals surface area (Å²) in [6.07, 6.45) is 1.02. The zero-order valence-corrected chi connectivity index (χ0v) is 7.90. The van der Waals surface area contributed by atoms with Crippen LogP contribution in [0, 0.1) is 5.92 Å². The molecule has 0 aliphatic rings. The van der Waals surface area contributed by atoms with E-state index < -0.39 is 0 Å². The lowest BCUT2D eigenvalue weighted by atomic mass is 10.0. The second-order valence-electron chi connectivity index (χ2n) is 3.19. The second-order valence-corrected chi connectivity index (χ2v) is 4.22. The number of rotatable bonds is 3. The highest BCUT2D eigenvalue weighted by Gasteiger charge is 2.08. The number of nitrogens with two attached hydrogens (primary N) is 1. The molecule has 11 heavy (non-hydrogen) atoms. The molecule has 0 saturated carbocycles. The molecule has 0 radical (unpaired) electrons. The van der Waals surface area contributed by atoms with Crippen molar-refractivity contribution in [3.63, 3.8) is 0 Å². The molecule has 2 heteroatoms. The quantitative estimate of drug-likeness (QED) is 0.738. The first-order valence-electron chi connectivity index (χ1n) is 3.98. The number of thiophene rings is 1. The average Bonchev–Trinajstić information content (AvgIpc) is 2.39. The summed E-state index contributed by atoms with van der Waals surface area (Å²) in [6, 6.07) is 4.54. The fourth-order valence-corrected chi connectivity index (χ4v) is 1.67. The average molecular weight is 169 g/mol. The Bertz CT molecular complexity index is 191. The van der Waals surface area contributed by atoms with Crippen molar-refractivity contribution in [3.05, 3.63) is 22.4 Å². The fraction of sp³-hybridized carbons (Fsp3) is 0.556. The minimum Gasteiger partial charge on any atom is -0.327 e. The highest BCUT2D eigenvalue weighted by atomic mass is 32.1. The van der Waals surface area contributed by atoms with Crippen molar-refractivity contribution in [2.45, 2.75) is 26.3 Å². The summed E-state index contributed by atoms with van der Waals surface area (Å²) >= 11 is 1.79. The SMILES string of the molecule is CC(C)[C@H](N)Cc1cccs1. The molecule has 0 bridgehead atoms. The van der Waals surface area contributed by atoms with Crippen LogP contribution in [0.25, 0.3) is 0 Å². The third-order valence-corrected chi connectivity index (χ3v) is 2.77. The summed E-state index contributed by atoms with van der Waals surface area (Å²) in [6.45, 7) is 4.33. The van der Waals surface area contributed by atoms with Crippen molar-refractivity contribution in [2.24, 2.45) is 11.7 Å². The van der Waals surface area contributed by atoms with Gasteiger partial charge >= 0.3 is 0 Å². The maximum absolute atomic E-state index is 5.91. The Hall–Kier alpha value is -0.340. The Balaban J connectivity index is 2.43. The van der Waals surface area contributed by atoms with E-state index in [4.69, 9.17) is 5.73 Å². The zero-order valence-electron chi connectivity index (χ0n) is 7.08. The standard InChI is InChI=1S/C9H15NS/c1-7(2)9(10)6-8-4-3-5-11-8/h3-5,7,9H,6,10H2,1-2H3/t9-/m1/s1. The van der Waals surface area contributed by atoms with E-state index in [1.165, 1.54) is 4.88 Å². The highest BCUT2D eigenvalue weighted by molar-refractivity contribution is 7.09. The third kappa shape index (κ3) is 2.64. The summed E-state index contributed by atoms with van der Waals surface area (Å²) in [5.41, 5.74) is 5.91. The van der Waals surface area contributed by atoms with Crippen LogP contribution in [0.15, 0.2) is 17.5 Å². The molecule has 2 N–H and O–H groups in total. The molecular formula is C9H15NS. The summed E-state index contributed by atoms with van der Waals surface area (Å²) in [5.74, 6) is 0.581. The molecule has 0 aromatic carbocycles. The maximum Gasteiger partial charge on any atom is 0.0110 e. The van der Waals surface area contributed by atoms with E-state index in [1.807, 2.05) is 0 Å². The van der Waals surface area contributed by atoms with Crippen LogP contribution >= 0.6 is 11.3 Å². The lowest BCUT2D eigenvalue weighted by molar-refractivity contribution is 0.493. The van der Waals surface area contributed by atoms with Gasteiger partial charge in [0, 0.05) is 10.9 Å². The molecule has 1 heterocycles. The molecule has 1 nitrogen and oxygen atoms in total. The van der Waals surface area contributed by atoms with E-state index in [1.54, 1.807) is 11.3 Å². The molecule has 0 amide bonds. The third-order valence-electron chi connectivity index (χ3n) is 1.87. The van der Waals surface area contributed by atoms with Gasteiger partial charge in [-0.25, -0.2) is 0 Å². The Morgan fingerprint density at radius 1 is 1.55 bits per heavy atom. The molecule has 1 aromatic rings. The van der Waals surface area contributed by atoms with Crippen molar-refractivity contribution in [1.82, 2.24) is 0 Å². The first-order chi connectivity index (χ1) is 5.20. The van der Waals surface area contributed by atoms with Crippen molar-refractivity contribution in [3.8, 4) is 0 Å². The summed E-state index contributed by atoms with van der Waals surface area (Å²) in [4.78, 5) is 1.39. The second kappa shape index (κ2) is 3.88. The van der Waals surface area contributed by atoms with E-state index in [0.29, 0.717) is 12.0 Å². The van der Waals surface area contributed by atoms with Gasteiger partial charge in [-0.2, -0.15) is 0 Å². The summed E-state index contributed by atoms with van der Waals surface area (Å²) < 4.78 is 0. The van der Waals surface area contributed by atoms with E-state index in [2.05, 4.69) is 31.4 Å². The fourth-order valence-electron chi connectivity index (χ4n) is 0.897. The Morgan fingerprint density at radius 2 is 2.27 bits per heavy atom. The monoisotopic (exact) mass is 169 g/mol. The molecule has 1 aromatic heterocycles. The highest BCUT2D eigenvalue weighted by Crippen LogP contribution is 2.13. The molecule has 1 rings (SSSR count). The van der Waals surface area contributed by atoms with Gasteiger partial charge in [-0.15, -0.1) is 11.3 Å². The van der Waals surface area contributed by atoms with Gasteiger partial charge in [0.15, 0.2) is 0 Å². The van der Waals surface area contributed by atoms with E-state index in [0.717, 1.165) is 6.42 Å². The van der Waals surface area contributed by atoms with Crippen molar-refractivity contribution in [2.75, 3.05) is 0 Å². The smallest absolute Gasteiger partial charge is 0.0110 e. The minimum atomic E-state index is 0.314. The molecule has 0 spiro atoms. The molecule has 0 fully saturated rings. The maximum atomic E-state index is 5.91. The van der Waals surface area contributed by atoms with Crippen LogP contribution in [0.3, 0.4) is 0 Å². The predicted molar refractivity (Wildman–Crippen MR) is 50.8 cm³/mol. The van der Waals surface area contributed by atoms with Crippen LogP contribution in [0.2, 0.25) is 0 Å². The Morgan fingerprint density at radius 3 is 2.73 bits per heavy atom. The number of hydrogen-bond acceptors (Lipinski definition) is 2. The van der Waals surface area contributed by atoms with Gasteiger partial charge < -0.3 is 5.73 Å². The van der Waals surface area contributed by atoms with E-state index in [9.17, 15) is 0 Å². The normalized spacial score (nSPS) is 13.8. The van der Waals surface area contributed by atoms with Gasteiger partial charge in [-0.05, 0) is 23.8 Å². The first kappa shape index (κ1) is 8.75. The van der Waals surface area contributed by atoms with Crippen LogP contribution < -0.4 is 5.73 Å². The largest absolute Gasteiger partial charge is 0.327 e.